The molecule has 0 saturated carbocycles. The van der Waals surface area contributed by atoms with E-state index < -0.39 is 0 Å². The monoisotopic (exact) mass is 271 g/mol. The van der Waals surface area contributed by atoms with E-state index in [4.69, 9.17) is 0 Å². The summed E-state index contributed by atoms with van der Waals surface area (Å²) in [5.41, 5.74) is 0. The number of hydrogen-bond acceptors (Lipinski definition) is 2. The Bertz CT molecular complexity index is 327. The van der Waals surface area contributed by atoms with Gasteiger partial charge < -0.3 is 9.88 Å². The molecule has 0 unspecified atom stereocenters. The Hall–Kier alpha value is -0.350. The number of rotatable bonds is 2. The van der Waals surface area contributed by atoms with Crippen LogP contribution in [0, 0.1) is 0 Å². The zero-order valence-corrected chi connectivity index (χ0v) is 10.9. The van der Waals surface area contributed by atoms with Crippen LogP contribution in [0.25, 0.3) is 0 Å². The largest absolute Gasteiger partial charge is 0.330 e. The second-order valence-corrected chi connectivity index (χ2v) is 5.28. The van der Waals surface area contributed by atoms with Gasteiger partial charge in [0, 0.05) is 18.2 Å². The maximum atomic E-state index is 4.54. The van der Waals surface area contributed by atoms with E-state index in [-0.39, 0.29) is 0 Å². The third-order valence-corrected chi connectivity index (χ3v) is 3.33. The SMILES string of the molecule is CC(C)c1nc(Br)cn1C1CCNCC1. The normalized spacial score (nSPS) is 18.7. The molecule has 3 nitrogen and oxygen atoms in total. The van der Waals surface area contributed by atoms with E-state index in [0.29, 0.717) is 12.0 Å². The van der Waals surface area contributed by atoms with Gasteiger partial charge in [-0.25, -0.2) is 4.98 Å². The van der Waals surface area contributed by atoms with Crippen LogP contribution in [0.5, 0.6) is 0 Å². The van der Waals surface area contributed by atoms with Crippen LogP contribution >= 0.6 is 15.9 Å². The molecule has 4 heteroatoms. The Kier molecular flexibility index (Phi) is 3.46. The summed E-state index contributed by atoms with van der Waals surface area (Å²) in [6.07, 6.45) is 4.55. The van der Waals surface area contributed by atoms with Gasteiger partial charge in [0.25, 0.3) is 0 Å². The molecule has 0 amide bonds. The van der Waals surface area contributed by atoms with E-state index in [1.165, 1.54) is 18.7 Å². The van der Waals surface area contributed by atoms with Crippen molar-refractivity contribution in [3.63, 3.8) is 0 Å². The van der Waals surface area contributed by atoms with Gasteiger partial charge in [-0.2, -0.15) is 0 Å². The van der Waals surface area contributed by atoms with Crippen LogP contribution in [0.15, 0.2) is 10.8 Å². The number of aromatic nitrogens is 2. The molecule has 1 saturated heterocycles. The number of piperidine rings is 1. The molecule has 1 aliphatic heterocycles. The lowest BCUT2D eigenvalue weighted by molar-refractivity contribution is 0.356. The minimum Gasteiger partial charge on any atom is -0.330 e. The first-order valence-corrected chi connectivity index (χ1v) is 6.42. The first-order chi connectivity index (χ1) is 7.18. The average Bonchev–Trinajstić information content (AvgIpc) is 2.62. The predicted octanol–water partition coefficient (Wildman–Crippen LogP) is 2.69. The highest BCUT2D eigenvalue weighted by molar-refractivity contribution is 9.10. The first-order valence-electron chi connectivity index (χ1n) is 5.63. The lowest BCUT2D eigenvalue weighted by atomic mass is 10.1. The van der Waals surface area contributed by atoms with E-state index in [1.807, 2.05) is 0 Å². The lowest BCUT2D eigenvalue weighted by Gasteiger charge is -2.26. The molecular formula is C11H18BrN3. The summed E-state index contributed by atoms with van der Waals surface area (Å²) in [5, 5.41) is 3.39. The van der Waals surface area contributed by atoms with Crippen molar-refractivity contribution in [3.05, 3.63) is 16.6 Å². The lowest BCUT2D eigenvalue weighted by Crippen LogP contribution is -2.30. The van der Waals surface area contributed by atoms with E-state index in [1.54, 1.807) is 0 Å². The van der Waals surface area contributed by atoms with Gasteiger partial charge in [0.15, 0.2) is 0 Å². The summed E-state index contributed by atoms with van der Waals surface area (Å²) in [7, 11) is 0. The number of imidazole rings is 1. The van der Waals surface area contributed by atoms with Gasteiger partial charge in [-0.15, -0.1) is 0 Å². The van der Waals surface area contributed by atoms with E-state index >= 15 is 0 Å². The molecule has 1 aromatic rings. The van der Waals surface area contributed by atoms with Gasteiger partial charge in [0.2, 0.25) is 0 Å². The molecule has 84 valence electrons. The van der Waals surface area contributed by atoms with Gasteiger partial charge >= 0.3 is 0 Å². The van der Waals surface area contributed by atoms with Crippen molar-refractivity contribution < 1.29 is 0 Å². The van der Waals surface area contributed by atoms with E-state index in [2.05, 4.69) is 50.8 Å². The molecule has 0 spiro atoms. The second kappa shape index (κ2) is 4.66. The van der Waals surface area contributed by atoms with Crippen LogP contribution in [0.1, 0.15) is 44.5 Å². The van der Waals surface area contributed by atoms with Crippen molar-refractivity contribution in [3.8, 4) is 0 Å². The predicted molar refractivity (Wildman–Crippen MR) is 65.2 cm³/mol. The Morgan fingerprint density at radius 1 is 1.47 bits per heavy atom. The van der Waals surface area contributed by atoms with Gasteiger partial charge in [-0.3, -0.25) is 0 Å². The highest BCUT2D eigenvalue weighted by atomic mass is 79.9. The van der Waals surface area contributed by atoms with Crippen LogP contribution in [-0.2, 0) is 0 Å². The van der Waals surface area contributed by atoms with Crippen molar-refractivity contribution in [2.45, 2.75) is 38.6 Å². The molecule has 1 fully saturated rings. The number of nitrogens with zero attached hydrogens (tertiary/aromatic N) is 2. The topological polar surface area (TPSA) is 29.9 Å². The fourth-order valence-electron chi connectivity index (χ4n) is 2.18. The summed E-state index contributed by atoms with van der Waals surface area (Å²) in [4.78, 5) is 4.54. The quantitative estimate of drug-likeness (QED) is 0.897. The van der Waals surface area contributed by atoms with Crippen molar-refractivity contribution in [1.82, 2.24) is 14.9 Å². The van der Waals surface area contributed by atoms with Crippen molar-refractivity contribution in [2.24, 2.45) is 0 Å². The summed E-state index contributed by atoms with van der Waals surface area (Å²) in [6, 6.07) is 0.627. The second-order valence-electron chi connectivity index (χ2n) is 4.46. The molecular weight excluding hydrogens is 254 g/mol. The van der Waals surface area contributed by atoms with Gasteiger partial charge in [0.1, 0.15) is 10.4 Å². The molecule has 0 aliphatic carbocycles. The third kappa shape index (κ3) is 2.42. The maximum absolute atomic E-state index is 4.54. The van der Waals surface area contributed by atoms with Crippen LogP contribution in [-0.4, -0.2) is 22.6 Å². The minimum absolute atomic E-state index is 0.492. The Morgan fingerprint density at radius 2 is 2.13 bits per heavy atom. The zero-order chi connectivity index (χ0) is 10.8. The molecule has 0 aromatic carbocycles. The summed E-state index contributed by atoms with van der Waals surface area (Å²) < 4.78 is 3.32. The molecule has 0 bridgehead atoms. The van der Waals surface area contributed by atoms with Gasteiger partial charge in [-0.05, 0) is 41.9 Å². The maximum Gasteiger partial charge on any atom is 0.124 e. The van der Waals surface area contributed by atoms with Gasteiger partial charge in [0.05, 0.1) is 0 Å². The van der Waals surface area contributed by atoms with Crippen LogP contribution in [0.4, 0.5) is 0 Å². The third-order valence-electron chi connectivity index (χ3n) is 2.95. The molecule has 1 N–H and O–H groups in total. The Balaban J connectivity index is 2.25. The van der Waals surface area contributed by atoms with Crippen LogP contribution in [0.3, 0.4) is 0 Å². The first kappa shape index (κ1) is 11.1. The molecule has 0 atom stereocenters. The number of nitrogens with one attached hydrogen (secondary N) is 1. The van der Waals surface area contributed by atoms with Gasteiger partial charge in [-0.1, -0.05) is 13.8 Å². The van der Waals surface area contributed by atoms with E-state index in [9.17, 15) is 0 Å². The molecule has 2 heterocycles. The standard InChI is InChI=1S/C11H18BrN3/c1-8(2)11-14-10(12)7-15(11)9-3-5-13-6-4-9/h7-9,13H,3-6H2,1-2H3. The average molecular weight is 272 g/mol. The summed E-state index contributed by atoms with van der Waals surface area (Å²) in [6.45, 7) is 6.65. The fourth-order valence-corrected chi connectivity index (χ4v) is 2.58. The molecule has 1 aromatic heterocycles. The molecule has 15 heavy (non-hydrogen) atoms. The molecule has 1 aliphatic rings. The number of hydrogen-bond donors (Lipinski definition) is 1. The molecule has 2 rings (SSSR count). The zero-order valence-electron chi connectivity index (χ0n) is 9.33. The van der Waals surface area contributed by atoms with Crippen molar-refractivity contribution >= 4 is 15.9 Å². The highest BCUT2D eigenvalue weighted by Gasteiger charge is 2.19. The fraction of sp³-hybridized carbons (Fsp3) is 0.727. The molecule has 0 radical (unpaired) electrons. The van der Waals surface area contributed by atoms with Crippen molar-refractivity contribution in [2.75, 3.05) is 13.1 Å². The minimum atomic E-state index is 0.492. The number of halogens is 1. The smallest absolute Gasteiger partial charge is 0.124 e. The highest BCUT2D eigenvalue weighted by Crippen LogP contribution is 2.26. The van der Waals surface area contributed by atoms with E-state index in [0.717, 1.165) is 17.7 Å². The van der Waals surface area contributed by atoms with Crippen LogP contribution < -0.4 is 5.32 Å². The Labute approximate surface area is 99.4 Å². The van der Waals surface area contributed by atoms with Crippen LogP contribution in [0.2, 0.25) is 0 Å². The Morgan fingerprint density at radius 3 is 2.73 bits per heavy atom. The summed E-state index contributed by atoms with van der Waals surface area (Å²) in [5.74, 6) is 1.69. The summed E-state index contributed by atoms with van der Waals surface area (Å²) >= 11 is 3.47. The van der Waals surface area contributed by atoms with Crippen molar-refractivity contribution in [1.29, 1.82) is 0 Å².